The summed E-state index contributed by atoms with van der Waals surface area (Å²) in [7, 11) is 0. The highest BCUT2D eigenvalue weighted by atomic mass is 32.2. The van der Waals surface area contributed by atoms with Gasteiger partial charge in [-0.2, -0.15) is 5.26 Å². The molecule has 0 saturated carbocycles. The van der Waals surface area contributed by atoms with Gasteiger partial charge in [0.15, 0.2) is 0 Å². The number of amides is 1. The second kappa shape index (κ2) is 10.3. The molecule has 1 fully saturated rings. The molecule has 6 heteroatoms. The van der Waals surface area contributed by atoms with Gasteiger partial charge in [0, 0.05) is 38.4 Å². The number of carbonyl (C=O) groups is 1. The molecule has 1 amide bonds. The van der Waals surface area contributed by atoms with Crippen LogP contribution in [0.15, 0.2) is 35.4 Å². The average Bonchev–Trinajstić information content (AvgIpc) is 3.04. The number of aryl methyl sites for hydroxylation is 3. The highest BCUT2D eigenvalue weighted by Gasteiger charge is 2.21. The summed E-state index contributed by atoms with van der Waals surface area (Å²) in [5.41, 5.74) is 5.53. The lowest BCUT2D eigenvalue weighted by atomic mass is 9.95. The number of thioether (sulfide) groups is 1. The van der Waals surface area contributed by atoms with E-state index < -0.39 is 0 Å². The van der Waals surface area contributed by atoms with E-state index in [1.807, 2.05) is 11.0 Å². The molecule has 2 heterocycles. The highest BCUT2D eigenvalue weighted by Crippen LogP contribution is 2.27. The Morgan fingerprint density at radius 3 is 2.71 bits per heavy atom. The summed E-state index contributed by atoms with van der Waals surface area (Å²) in [5.74, 6) is 0.490. The first-order valence-electron chi connectivity index (χ1n) is 11.2. The first kappa shape index (κ1) is 21.9. The number of aromatic nitrogens is 1. The van der Waals surface area contributed by atoms with Gasteiger partial charge in [-0.15, -0.1) is 0 Å². The Morgan fingerprint density at radius 2 is 1.90 bits per heavy atom. The van der Waals surface area contributed by atoms with Crippen LogP contribution in [-0.4, -0.2) is 52.6 Å². The van der Waals surface area contributed by atoms with Crippen LogP contribution in [0.1, 0.15) is 47.2 Å². The molecule has 0 unspecified atom stereocenters. The number of hydrogen-bond acceptors (Lipinski definition) is 5. The lowest BCUT2D eigenvalue weighted by Crippen LogP contribution is -2.36. The number of nitriles is 1. The van der Waals surface area contributed by atoms with Crippen LogP contribution in [0.5, 0.6) is 0 Å². The zero-order chi connectivity index (χ0) is 21.6. The fraction of sp³-hybridized carbons (Fsp3) is 0.480. The Labute approximate surface area is 189 Å². The van der Waals surface area contributed by atoms with E-state index in [4.69, 9.17) is 4.98 Å². The Balaban J connectivity index is 1.32. The second-order valence-corrected chi connectivity index (χ2v) is 9.51. The lowest BCUT2D eigenvalue weighted by Gasteiger charge is -2.22. The minimum absolute atomic E-state index is 0.144. The van der Waals surface area contributed by atoms with Gasteiger partial charge in [-0.3, -0.25) is 9.69 Å². The maximum absolute atomic E-state index is 12.9. The van der Waals surface area contributed by atoms with Crippen LogP contribution >= 0.6 is 11.8 Å². The van der Waals surface area contributed by atoms with Crippen molar-refractivity contribution >= 4 is 17.7 Å². The van der Waals surface area contributed by atoms with Crippen molar-refractivity contribution in [3.63, 3.8) is 0 Å². The SMILES string of the molecule is Cc1ccc(CN2CCCN(C(=O)CSc3nc4c(cc3C#N)CCCC4)CC2)cc1. The first-order valence-corrected chi connectivity index (χ1v) is 12.2. The fourth-order valence-corrected chi connectivity index (χ4v) is 5.23. The molecular weight excluding hydrogens is 404 g/mol. The van der Waals surface area contributed by atoms with Crippen molar-refractivity contribution < 1.29 is 4.79 Å². The number of rotatable bonds is 5. The molecular formula is C25H30N4OS. The van der Waals surface area contributed by atoms with Crippen molar-refractivity contribution in [1.29, 1.82) is 5.26 Å². The topological polar surface area (TPSA) is 60.2 Å². The van der Waals surface area contributed by atoms with Crippen molar-refractivity contribution in [2.24, 2.45) is 0 Å². The van der Waals surface area contributed by atoms with Gasteiger partial charge in [-0.25, -0.2) is 4.98 Å². The van der Waals surface area contributed by atoms with E-state index >= 15 is 0 Å². The molecule has 0 atom stereocenters. The third-order valence-corrected chi connectivity index (χ3v) is 7.16. The van der Waals surface area contributed by atoms with E-state index in [0.29, 0.717) is 16.3 Å². The summed E-state index contributed by atoms with van der Waals surface area (Å²) >= 11 is 1.42. The summed E-state index contributed by atoms with van der Waals surface area (Å²) in [4.78, 5) is 22.1. The predicted octanol–water partition coefficient (Wildman–Crippen LogP) is 3.97. The zero-order valence-corrected chi connectivity index (χ0v) is 19.1. The van der Waals surface area contributed by atoms with Gasteiger partial charge >= 0.3 is 0 Å². The third kappa shape index (κ3) is 5.66. The third-order valence-electron chi connectivity index (χ3n) is 6.19. The Bertz CT molecular complexity index is 967. The molecule has 0 bridgehead atoms. The average molecular weight is 435 g/mol. The van der Waals surface area contributed by atoms with Crippen molar-refractivity contribution in [2.75, 3.05) is 31.9 Å². The van der Waals surface area contributed by atoms with Crippen LogP contribution < -0.4 is 0 Å². The fourth-order valence-electron chi connectivity index (χ4n) is 4.36. The van der Waals surface area contributed by atoms with E-state index in [9.17, 15) is 10.1 Å². The van der Waals surface area contributed by atoms with E-state index in [1.54, 1.807) is 0 Å². The van der Waals surface area contributed by atoms with Crippen LogP contribution in [0, 0.1) is 18.3 Å². The normalized spacial score (nSPS) is 17.0. The molecule has 1 aliphatic carbocycles. The van der Waals surface area contributed by atoms with Gasteiger partial charge in [0.05, 0.1) is 11.3 Å². The largest absolute Gasteiger partial charge is 0.341 e. The van der Waals surface area contributed by atoms with Crippen molar-refractivity contribution in [1.82, 2.24) is 14.8 Å². The van der Waals surface area contributed by atoms with E-state index in [-0.39, 0.29) is 5.91 Å². The summed E-state index contributed by atoms with van der Waals surface area (Å²) < 4.78 is 0. The van der Waals surface area contributed by atoms with Gasteiger partial charge in [0.1, 0.15) is 11.1 Å². The van der Waals surface area contributed by atoms with Gasteiger partial charge in [-0.1, -0.05) is 41.6 Å². The molecule has 2 aromatic rings. The summed E-state index contributed by atoms with van der Waals surface area (Å²) in [6, 6.07) is 13.0. The molecule has 0 spiro atoms. The standard InChI is InChI=1S/C25H30N4OS/c1-19-7-9-20(10-8-19)17-28-11-4-12-29(14-13-28)24(30)18-31-25-22(16-26)15-21-5-2-3-6-23(21)27-25/h7-10,15H,2-6,11-14,17-18H2,1H3. The molecule has 2 aliphatic rings. The van der Waals surface area contributed by atoms with Crippen LogP contribution in [-0.2, 0) is 24.2 Å². The molecule has 0 radical (unpaired) electrons. The molecule has 0 N–H and O–H groups in total. The number of hydrogen-bond donors (Lipinski definition) is 0. The Kier molecular flexibility index (Phi) is 7.26. The van der Waals surface area contributed by atoms with Gasteiger partial charge in [0.2, 0.25) is 5.91 Å². The molecule has 1 aromatic carbocycles. The van der Waals surface area contributed by atoms with Crippen LogP contribution in [0.25, 0.3) is 0 Å². The minimum Gasteiger partial charge on any atom is -0.341 e. The van der Waals surface area contributed by atoms with Crippen molar-refractivity contribution in [2.45, 2.75) is 50.6 Å². The van der Waals surface area contributed by atoms with E-state index in [1.165, 1.54) is 34.9 Å². The Hall–Kier alpha value is -2.36. The molecule has 4 rings (SSSR count). The number of fused-ring (bicyclic) bond motifs is 1. The van der Waals surface area contributed by atoms with Gasteiger partial charge < -0.3 is 4.90 Å². The maximum Gasteiger partial charge on any atom is 0.233 e. The number of carbonyl (C=O) groups excluding carboxylic acids is 1. The number of nitrogens with zero attached hydrogens (tertiary/aromatic N) is 4. The number of benzene rings is 1. The summed E-state index contributed by atoms with van der Waals surface area (Å²) in [6.07, 6.45) is 5.30. The molecule has 5 nitrogen and oxygen atoms in total. The lowest BCUT2D eigenvalue weighted by molar-refractivity contribution is -0.128. The molecule has 1 aliphatic heterocycles. The number of pyridine rings is 1. The summed E-state index contributed by atoms with van der Waals surface area (Å²) in [6.45, 7) is 6.50. The maximum atomic E-state index is 12.9. The smallest absolute Gasteiger partial charge is 0.233 e. The summed E-state index contributed by atoms with van der Waals surface area (Å²) in [5, 5.41) is 10.2. The Morgan fingerprint density at radius 1 is 1.10 bits per heavy atom. The van der Waals surface area contributed by atoms with Crippen LogP contribution in [0.3, 0.4) is 0 Å². The first-order chi connectivity index (χ1) is 15.1. The molecule has 31 heavy (non-hydrogen) atoms. The predicted molar refractivity (Wildman–Crippen MR) is 124 cm³/mol. The quantitative estimate of drug-likeness (QED) is 0.667. The van der Waals surface area contributed by atoms with Crippen LogP contribution in [0.4, 0.5) is 0 Å². The minimum atomic E-state index is 0.144. The zero-order valence-electron chi connectivity index (χ0n) is 18.3. The van der Waals surface area contributed by atoms with Crippen molar-refractivity contribution in [3.8, 4) is 6.07 Å². The van der Waals surface area contributed by atoms with E-state index in [0.717, 1.165) is 64.1 Å². The van der Waals surface area contributed by atoms with E-state index in [2.05, 4.69) is 42.2 Å². The highest BCUT2D eigenvalue weighted by molar-refractivity contribution is 8.00. The van der Waals surface area contributed by atoms with Crippen LogP contribution in [0.2, 0.25) is 0 Å². The molecule has 1 aromatic heterocycles. The molecule has 162 valence electrons. The van der Waals surface area contributed by atoms with Gasteiger partial charge in [0.25, 0.3) is 0 Å². The van der Waals surface area contributed by atoms with Crippen molar-refractivity contribution in [3.05, 3.63) is 58.3 Å². The molecule has 1 saturated heterocycles. The van der Waals surface area contributed by atoms with Gasteiger partial charge in [-0.05, 0) is 56.2 Å². The monoisotopic (exact) mass is 434 g/mol. The second-order valence-electron chi connectivity index (χ2n) is 8.55.